The summed E-state index contributed by atoms with van der Waals surface area (Å²) in [5.41, 5.74) is 2.58. The molecular formula is C19H18FNO3. The second-order valence-corrected chi connectivity index (χ2v) is 5.75. The van der Waals surface area contributed by atoms with Gasteiger partial charge in [-0.2, -0.15) is 0 Å². The Balaban J connectivity index is 2.17. The molecule has 0 aliphatic rings. The van der Waals surface area contributed by atoms with Crippen LogP contribution < -0.4 is 4.74 Å². The summed E-state index contributed by atoms with van der Waals surface area (Å²) in [4.78, 5) is 15.0. The van der Waals surface area contributed by atoms with Crippen molar-refractivity contribution in [2.24, 2.45) is 0 Å². The Labute approximate surface area is 138 Å². The largest absolute Gasteiger partial charge is 0.494 e. The van der Waals surface area contributed by atoms with Crippen LogP contribution in [0.2, 0.25) is 0 Å². The molecule has 0 saturated heterocycles. The molecule has 3 rings (SSSR count). The van der Waals surface area contributed by atoms with E-state index in [2.05, 4.69) is 4.98 Å². The monoisotopic (exact) mass is 327 g/mol. The molecule has 1 unspecified atom stereocenters. The van der Waals surface area contributed by atoms with E-state index in [0.29, 0.717) is 23.2 Å². The SMILES string of the molecule is COc1ccc2[nH]c(C)c(C(Cc3ccccc3)C(=O)O)c2c1F. The Hall–Kier alpha value is -2.82. The minimum absolute atomic E-state index is 0.103. The summed E-state index contributed by atoms with van der Waals surface area (Å²) in [5, 5.41) is 10.0. The van der Waals surface area contributed by atoms with Crippen LogP contribution >= 0.6 is 0 Å². The van der Waals surface area contributed by atoms with Crippen molar-refractivity contribution in [1.82, 2.24) is 4.98 Å². The third kappa shape index (κ3) is 2.73. The topological polar surface area (TPSA) is 62.3 Å². The highest BCUT2D eigenvalue weighted by Gasteiger charge is 2.28. The maximum absolute atomic E-state index is 14.8. The van der Waals surface area contributed by atoms with Gasteiger partial charge in [0.1, 0.15) is 0 Å². The van der Waals surface area contributed by atoms with Crippen molar-refractivity contribution in [3.05, 3.63) is 65.1 Å². The van der Waals surface area contributed by atoms with Crippen molar-refractivity contribution >= 4 is 16.9 Å². The van der Waals surface area contributed by atoms with Crippen molar-refractivity contribution in [3.63, 3.8) is 0 Å². The van der Waals surface area contributed by atoms with Crippen LogP contribution in [0.25, 0.3) is 10.9 Å². The van der Waals surface area contributed by atoms with Crippen LogP contribution in [0.5, 0.6) is 5.75 Å². The first-order chi connectivity index (χ1) is 11.5. The molecule has 2 N–H and O–H groups in total. The van der Waals surface area contributed by atoms with Crippen LogP contribution in [0.3, 0.4) is 0 Å². The zero-order chi connectivity index (χ0) is 17.3. The van der Waals surface area contributed by atoms with Crippen molar-refractivity contribution in [2.45, 2.75) is 19.3 Å². The Bertz CT molecular complexity index is 887. The van der Waals surface area contributed by atoms with E-state index in [-0.39, 0.29) is 11.1 Å². The number of ether oxygens (including phenoxy) is 1. The third-order valence-corrected chi connectivity index (χ3v) is 4.25. The number of carboxylic acids is 1. The van der Waals surface area contributed by atoms with Gasteiger partial charge in [-0.25, -0.2) is 4.39 Å². The molecule has 0 aliphatic carbocycles. The second kappa shape index (κ2) is 6.35. The number of aryl methyl sites for hydroxylation is 1. The summed E-state index contributed by atoms with van der Waals surface area (Å²) in [6.45, 7) is 1.77. The maximum Gasteiger partial charge on any atom is 0.311 e. The van der Waals surface area contributed by atoms with Crippen LogP contribution in [-0.4, -0.2) is 23.2 Å². The zero-order valence-corrected chi connectivity index (χ0v) is 13.5. The Morgan fingerprint density at radius 3 is 2.58 bits per heavy atom. The van der Waals surface area contributed by atoms with Gasteiger partial charge in [0.2, 0.25) is 0 Å². The molecule has 0 radical (unpaired) electrons. The predicted octanol–water partition coefficient (Wildman–Crippen LogP) is 4.03. The number of hydrogen-bond donors (Lipinski definition) is 2. The van der Waals surface area contributed by atoms with Gasteiger partial charge in [0, 0.05) is 16.6 Å². The van der Waals surface area contributed by atoms with E-state index in [1.807, 2.05) is 30.3 Å². The average molecular weight is 327 g/mol. The molecule has 2 aromatic carbocycles. The fraction of sp³-hybridized carbons (Fsp3) is 0.211. The Morgan fingerprint density at radius 2 is 1.96 bits per heavy atom. The lowest BCUT2D eigenvalue weighted by molar-refractivity contribution is -0.138. The lowest BCUT2D eigenvalue weighted by Gasteiger charge is -2.14. The standard InChI is InChI=1S/C19H18FNO3/c1-11-16(13(19(22)23)10-12-6-4-3-5-7-12)17-14(21-11)8-9-15(24-2)18(17)20/h3-9,13,21H,10H2,1-2H3,(H,22,23). The molecule has 1 heterocycles. The molecule has 0 aliphatic heterocycles. The Kier molecular flexibility index (Phi) is 4.25. The van der Waals surface area contributed by atoms with Crippen molar-refractivity contribution in [3.8, 4) is 5.75 Å². The van der Waals surface area contributed by atoms with E-state index in [1.54, 1.807) is 13.0 Å². The number of carboxylic acid groups (broad SMARTS) is 1. The molecule has 0 saturated carbocycles. The van der Waals surface area contributed by atoms with Crippen LogP contribution in [0, 0.1) is 12.7 Å². The van der Waals surface area contributed by atoms with E-state index in [4.69, 9.17) is 4.74 Å². The zero-order valence-electron chi connectivity index (χ0n) is 13.5. The van der Waals surface area contributed by atoms with E-state index >= 15 is 0 Å². The molecule has 0 amide bonds. The van der Waals surface area contributed by atoms with Gasteiger partial charge in [0.25, 0.3) is 0 Å². The smallest absolute Gasteiger partial charge is 0.311 e. The van der Waals surface area contributed by atoms with Crippen LogP contribution in [0.4, 0.5) is 4.39 Å². The molecule has 1 atom stereocenters. The number of hydrogen-bond acceptors (Lipinski definition) is 2. The van der Waals surface area contributed by atoms with Gasteiger partial charge in [-0.05, 0) is 36.6 Å². The quantitative estimate of drug-likeness (QED) is 0.743. The van der Waals surface area contributed by atoms with Gasteiger partial charge >= 0.3 is 5.97 Å². The number of methoxy groups -OCH3 is 1. The summed E-state index contributed by atoms with van der Waals surface area (Å²) in [6, 6.07) is 12.6. The van der Waals surface area contributed by atoms with Crippen LogP contribution in [-0.2, 0) is 11.2 Å². The number of aromatic nitrogens is 1. The first-order valence-corrected chi connectivity index (χ1v) is 7.64. The maximum atomic E-state index is 14.8. The normalized spacial score (nSPS) is 12.3. The number of rotatable bonds is 5. The number of nitrogens with one attached hydrogen (secondary N) is 1. The Morgan fingerprint density at radius 1 is 1.25 bits per heavy atom. The second-order valence-electron chi connectivity index (χ2n) is 5.75. The summed E-state index contributed by atoms with van der Waals surface area (Å²) >= 11 is 0. The van der Waals surface area contributed by atoms with E-state index in [9.17, 15) is 14.3 Å². The first-order valence-electron chi connectivity index (χ1n) is 7.64. The molecule has 4 nitrogen and oxygen atoms in total. The minimum Gasteiger partial charge on any atom is -0.494 e. The van der Waals surface area contributed by atoms with Crippen molar-refractivity contribution in [2.75, 3.05) is 7.11 Å². The lowest BCUT2D eigenvalue weighted by atomic mass is 9.90. The number of halogens is 1. The molecule has 0 bridgehead atoms. The molecular weight excluding hydrogens is 309 g/mol. The van der Waals surface area contributed by atoms with Crippen molar-refractivity contribution in [1.29, 1.82) is 0 Å². The van der Waals surface area contributed by atoms with E-state index in [1.165, 1.54) is 13.2 Å². The van der Waals surface area contributed by atoms with Gasteiger partial charge in [0.05, 0.1) is 13.0 Å². The van der Waals surface area contributed by atoms with Crippen LogP contribution in [0.15, 0.2) is 42.5 Å². The number of aromatic amines is 1. The molecule has 1 aromatic heterocycles. The van der Waals surface area contributed by atoms with Gasteiger partial charge < -0.3 is 14.8 Å². The summed E-state index contributed by atoms with van der Waals surface area (Å²) in [6.07, 6.45) is 0.292. The molecule has 3 aromatic rings. The van der Waals surface area contributed by atoms with Gasteiger partial charge in [-0.1, -0.05) is 30.3 Å². The number of aliphatic carboxylic acids is 1. The van der Waals surface area contributed by atoms with E-state index < -0.39 is 17.7 Å². The molecule has 5 heteroatoms. The minimum atomic E-state index is -0.981. The summed E-state index contributed by atoms with van der Waals surface area (Å²) in [5.74, 6) is -2.26. The average Bonchev–Trinajstić information content (AvgIpc) is 2.90. The van der Waals surface area contributed by atoms with Gasteiger partial charge in [-0.15, -0.1) is 0 Å². The van der Waals surface area contributed by atoms with E-state index in [0.717, 1.165) is 5.56 Å². The fourth-order valence-electron chi connectivity index (χ4n) is 3.14. The highest BCUT2D eigenvalue weighted by atomic mass is 19.1. The highest BCUT2D eigenvalue weighted by Crippen LogP contribution is 2.36. The highest BCUT2D eigenvalue weighted by molar-refractivity contribution is 5.92. The molecule has 0 fully saturated rings. The van der Waals surface area contributed by atoms with Gasteiger partial charge in [0.15, 0.2) is 11.6 Å². The predicted molar refractivity (Wildman–Crippen MR) is 90.1 cm³/mol. The first kappa shape index (κ1) is 16.1. The lowest BCUT2D eigenvalue weighted by Crippen LogP contribution is -2.15. The molecule has 124 valence electrons. The fourth-order valence-corrected chi connectivity index (χ4v) is 3.14. The third-order valence-electron chi connectivity index (χ3n) is 4.25. The number of H-pyrrole nitrogens is 1. The molecule has 0 spiro atoms. The number of carbonyl (C=O) groups is 1. The number of fused-ring (bicyclic) bond motifs is 1. The summed E-state index contributed by atoms with van der Waals surface area (Å²) in [7, 11) is 1.39. The summed E-state index contributed by atoms with van der Waals surface area (Å²) < 4.78 is 19.8. The number of benzene rings is 2. The van der Waals surface area contributed by atoms with Crippen LogP contribution in [0.1, 0.15) is 22.7 Å². The molecule has 24 heavy (non-hydrogen) atoms. The van der Waals surface area contributed by atoms with Gasteiger partial charge in [-0.3, -0.25) is 4.79 Å². The van der Waals surface area contributed by atoms with Crippen molar-refractivity contribution < 1.29 is 19.0 Å².